The van der Waals surface area contributed by atoms with Gasteiger partial charge in [-0.05, 0) is 38.8 Å². The highest BCUT2D eigenvalue weighted by atomic mass is 35.5. The first-order chi connectivity index (χ1) is 9.54. The van der Waals surface area contributed by atoms with Gasteiger partial charge in [-0.3, -0.25) is 4.79 Å². The van der Waals surface area contributed by atoms with Crippen molar-refractivity contribution in [3.8, 4) is 5.75 Å². The van der Waals surface area contributed by atoms with Crippen LogP contribution in [-0.2, 0) is 9.53 Å². The summed E-state index contributed by atoms with van der Waals surface area (Å²) in [6, 6.07) is 5.27. The molecular formula is C15H20ClNO3. The molecular weight excluding hydrogens is 278 g/mol. The molecule has 1 aromatic rings. The van der Waals surface area contributed by atoms with E-state index < -0.39 is 0 Å². The molecule has 4 nitrogen and oxygen atoms in total. The van der Waals surface area contributed by atoms with Gasteiger partial charge in [0.1, 0.15) is 5.75 Å². The van der Waals surface area contributed by atoms with Gasteiger partial charge >= 0.3 is 0 Å². The third kappa shape index (κ3) is 4.39. The Balaban J connectivity index is 1.93. The van der Waals surface area contributed by atoms with Crippen molar-refractivity contribution in [1.29, 1.82) is 0 Å². The minimum absolute atomic E-state index is 0.0392. The molecule has 5 heteroatoms. The summed E-state index contributed by atoms with van der Waals surface area (Å²) in [7, 11) is 0. The van der Waals surface area contributed by atoms with Crippen molar-refractivity contribution in [1.82, 2.24) is 0 Å². The quantitative estimate of drug-likeness (QED) is 0.902. The molecule has 1 N–H and O–H groups in total. The first-order valence-corrected chi connectivity index (χ1v) is 7.30. The molecule has 1 aromatic carbocycles. The third-order valence-electron chi connectivity index (χ3n) is 3.02. The van der Waals surface area contributed by atoms with Crippen molar-refractivity contribution in [3.63, 3.8) is 0 Å². The van der Waals surface area contributed by atoms with E-state index in [0.29, 0.717) is 22.9 Å². The van der Waals surface area contributed by atoms with Crippen LogP contribution in [-0.4, -0.2) is 24.7 Å². The number of carbonyl (C=O) groups is 1. The summed E-state index contributed by atoms with van der Waals surface area (Å²) in [4.78, 5) is 11.9. The fourth-order valence-electron chi connectivity index (χ4n) is 2.16. The highest BCUT2D eigenvalue weighted by Gasteiger charge is 2.19. The number of hydrogen-bond acceptors (Lipinski definition) is 3. The van der Waals surface area contributed by atoms with Crippen LogP contribution < -0.4 is 10.1 Å². The highest BCUT2D eigenvalue weighted by molar-refractivity contribution is 6.33. The van der Waals surface area contributed by atoms with Gasteiger partial charge in [-0.2, -0.15) is 0 Å². The Bertz CT molecular complexity index is 470. The number of hydrogen-bond donors (Lipinski definition) is 1. The van der Waals surface area contributed by atoms with Gasteiger partial charge in [-0.1, -0.05) is 11.6 Å². The molecule has 1 heterocycles. The van der Waals surface area contributed by atoms with E-state index >= 15 is 0 Å². The minimum Gasteiger partial charge on any atom is -0.491 e. The Hall–Kier alpha value is -1.26. The number of rotatable bonds is 5. The number of ether oxygens (including phenoxy) is 2. The van der Waals surface area contributed by atoms with Crippen LogP contribution in [0.2, 0.25) is 5.02 Å². The Morgan fingerprint density at radius 3 is 2.95 bits per heavy atom. The smallest absolute Gasteiger partial charge is 0.227 e. The van der Waals surface area contributed by atoms with Gasteiger partial charge < -0.3 is 14.8 Å². The van der Waals surface area contributed by atoms with E-state index in [0.717, 1.165) is 19.4 Å². The summed E-state index contributed by atoms with van der Waals surface area (Å²) in [6.45, 7) is 4.65. The van der Waals surface area contributed by atoms with Crippen LogP contribution in [0.25, 0.3) is 0 Å². The van der Waals surface area contributed by atoms with Crippen LogP contribution >= 0.6 is 11.6 Å². The van der Waals surface area contributed by atoms with Gasteiger partial charge in [0, 0.05) is 12.7 Å². The lowest BCUT2D eigenvalue weighted by Crippen LogP contribution is -2.19. The number of benzene rings is 1. The maximum absolute atomic E-state index is 11.9. The first-order valence-electron chi connectivity index (χ1n) is 6.92. The van der Waals surface area contributed by atoms with Crippen molar-refractivity contribution < 1.29 is 14.3 Å². The van der Waals surface area contributed by atoms with Crippen LogP contribution in [0.4, 0.5) is 5.69 Å². The van der Waals surface area contributed by atoms with Crippen molar-refractivity contribution in [2.24, 2.45) is 0 Å². The maximum atomic E-state index is 11.9. The average Bonchev–Trinajstić information content (AvgIpc) is 2.84. The fourth-order valence-corrected chi connectivity index (χ4v) is 2.37. The van der Waals surface area contributed by atoms with E-state index in [-0.39, 0.29) is 18.1 Å². The number of amides is 1. The lowest BCUT2D eigenvalue weighted by molar-refractivity contribution is -0.118. The lowest BCUT2D eigenvalue weighted by atomic mass is 10.1. The van der Waals surface area contributed by atoms with Gasteiger partial charge in [0.2, 0.25) is 5.91 Å². The number of carbonyl (C=O) groups excluding carboxylic acids is 1. The van der Waals surface area contributed by atoms with Crippen LogP contribution in [0.1, 0.15) is 33.1 Å². The Labute approximate surface area is 124 Å². The summed E-state index contributed by atoms with van der Waals surface area (Å²) >= 11 is 6.15. The predicted molar refractivity (Wildman–Crippen MR) is 79.4 cm³/mol. The highest BCUT2D eigenvalue weighted by Crippen LogP contribution is 2.28. The third-order valence-corrected chi connectivity index (χ3v) is 3.34. The van der Waals surface area contributed by atoms with Crippen molar-refractivity contribution in [3.05, 3.63) is 23.2 Å². The zero-order valence-corrected chi connectivity index (χ0v) is 12.6. The van der Waals surface area contributed by atoms with Crippen molar-refractivity contribution >= 4 is 23.2 Å². The van der Waals surface area contributed by atoms with Crippen molar-refractivity contribution in [2.45, 2.75) is 45.3 Å². The molecule has 1 saturated heterocycles. The molecule has 2 rings (SSSR count). The molecule has 1 amide bonds. The second-order valence-electron chi connectivity index (χ2n) is 5.20. The van der Waals surface area contributed by atoms with E-state index in [1.807, 2.05) is 13.8 Å². The molecule has 1 fully saturated rings. The SMILES string of the molecule is CC(C)Oc1ccc(NC(=O)C[C@@H]2CCCO2)c(Cl)c1. The van der Waals surface area contributed by atoms with Crippen LogP contribution in [0.5, 0.6) is 5.75 Å². The second kappa shape index (κ2) is 6.95. The van der Waals surface area contributed by atoms with Gasteiger partial charge in [0.15, 0.2) is 0 Å². The lowest BCUT2D eigenvalue weighted by Gasteiger charge is -2.13. The Kier molecular flexibility index (Phi) is 5.26. The van der Waals surface area contributed by atoms with E-state index in [2.05, 4.69) is 5.32 Å². The summed E-state index contributed by atoms with van der Waals surface area (Å²) in [6.07, 6.45) is 2.48. The minimum atomic E-state index is -0.0728. The molecule has 1 atom stereocenters. The largest absolute Gasteiger partial charge is 0.491 e. The second-order valence-corrected chi connectivity index (χ2v) is 5.60. The normalized spacial score (nSPS) is 18.3. The zero-order chi connectivity index (χ0) is 14.5. The van der Waals surface area contributed by atoms with Gasteiger partial charge in [-0.15, -0.1) is 0 Å². The number of nitrogens with one attached hydrogen (secondary N) is 1. The number of anilines is 1. The molecule has 1 aliphatic rings. The topological polar surface area (TPSA) is 47.6 Å². The summed E-state index contributed by atoms with van der Waals surface area (Å²) in [5.74, 6) is 0.624. The molecule has 0 saturated carbocycles. The summed E-state index contributed by atoms with van der Waals surface area (Å²) in [5.41, 5.74) is 0.603. The molecule has 0 radical (unpaired) electrons. The molecule has 1 aliphatic heterocycles. The van der Waals surface area contributed by atoms with Gasteiger partial charge in [-0.25, -0.2) is 0 Å². The van der Waals surface area contributed by atoms with Crippen molar-refractivity contribution in [2.75, 3.05) is 11.9 Å². The first kappa shape index (κ1) is 15.1. The standard InChI is InChI=1S/C15H20ClNO3/c1-10(2)20-12-5-6-14(13(16)8-12)17-15(18)9-11-4-3-7-19-11/h5-6,8,10-11H,3-4,7,9H2,1-2H3,(H,17,18)/t11-/m0/s1. The summed E-state index contributed by atoms with van der Waals surface area (Å²) in [5, 5.41) is 3.29. The molecule has 0 aliphatic carbocycles. The zero-order valence-electron chi connectivity index (χ0n) is 11.8. The molecule has 110 valence electrons. The molecule has 0 aromatic heterocycles. The predicted octanol–water partition coefficient (Wildman–Crippen LogP) is 3.63. The number of halogens is 1. The van der Waals surface area contributed by atoms with E-state index in [4.69, 9.17) is 21.1 Å². The Morgan fingerprint density at radius 1 is 1.55 bits per heavy atom. The summed E-state index contributed by atoms with van der Waals surface area (Å²) < 4.78 is 11.0. The van der Waals surface area contributed by atoms with E-state index in [9.17, 15) is 4.79 Å². The molecule has 20 heavy (non-hydrogen) atoms. The fraction of sp³-hybridized carbons (Fsp3) is 0.533. The molecule has 0 unspecified atom stereocenters. The monoisotopic (exact) mass is 297 g/mol. The maximum Gasteiger partial charge on any atom is 0.227 e. The van der Waals surface area contributed by atoms with Crippen LogP contribution in [0.15, 0.2) is 18.2 Å². The van der Waals surface area contributed by atoms with Crippen LogP contribution in [0.3, 0.4) is 0 Å². The van der Waals surface area contributed by atoms with E-state index in [1.165, 1.54) is 0 Å². The van der Waals surface area contributed by atoms with Gasteiger partial charge in [0.05, 0.1) is 29.3 Å². The molecule has 0 bridgehead atoms. The van der Waals surface area contributed by atoms with Gasteiger partial charge in [0.25, 0.3) is 0 Å². The average molecular weight is 298 g/mol. The van der Waals surface area contributed by atoms with Crippen LogP contribution in [0, 0.1) is 0 Å². The molecule has 0 spiro atoms. The Morgan fingerprint density at radius 2 is 2.35 bits per heavy atom. The van der Waals surface area contributed by atoms with E-state index in [1.54, 1.807) is 18.2 Å².